The number of benzene rings is 1. The van der Waals surface area contributed by atoms with E-state index in [1.807, 2.05) is 41.6 Å². The third-order valence-electron chi connectivity index (χ3n) is 5.45. The van der Waals surface area contributed by atoms with E-state index in [-0.39, 0.29) is 5.91 Å². The maximum absolute atomic E-state index is 12.8. The van der Waals surface area contributed by atoms with Crippen LogP contribution >= 0.6 is 0 Å². The molecule has 0 spiro atoms. The number of hydrogen-bond donors (Lipinski definition) is 0. The summed E-state index contributed by atoms with van der Waals surface area (Å²) in [6, 6.07) is 5.78. The van der Waals surface area contributed by atoms with E-state index in [2.05, 4.69) is 30.0 Å². The van der Waals surface area contributed by atoms with E-state index in [4.69, 9.17) is 9.47 Å². The summed E-state index contributed by atoms with van der Waals surface area (Å²) in [5.41, 5.74) is 3.32. The van der Waals surface area contributed by atoms with Gasteiger partial charge in [-0.05, 0) is 45.4 Å². The number of amides is 1. The van der Waals surface area contributed by atoms with Gasteiger partial charge in [0.2, 0.25) is 5.91 Å². The highest BCUT2D eigenvalue weighted by atomic mass is 16.5. The molecule has 0 saturated carbocycles. The van der Waals surface area contributed by atoms with Gasteiger partial charge in [0.1, 0.15) is 0 Å². The SMILES string of the molecule is CCOc1ccc(CC(=O)N2CCN(Cc3cn(CC)nc3C)CC2)cc1OCC. The van der Waals surface area contributed by atoms with Crippen LogP contribution in [-0.4, -0.2) is 64.9 Å². The Labute approximate surface area is 179 Å². The van der Waals surface area contributed by atoms with Crippen LogP contribution in [0.25, 0.3) is 0 Å². The molecule has 1 saturated heterocycles. The lowest BCUT2D eigenvalue weighted by atomic mass is 10.1. The summed E-state index contributed by atoms with van der Waals surface area (Å²) in [4.78, 5) is 17.2. The van der Waals surface area contributed by atoms with Crippen LogP contribution in [-0.2, 0) is 24.3 Å². The van der Waals surface area contributed by atoms with Crippen LogP contribution in [0.15, 0.2) is 24.4 Å². The Kier molecular flexibility index (Phi) is 7.74. The molecule has 164 valence electrons. The molecule has 1 aliphatic heterocycles. The molecule has 0 radical (unpaired) electrons. The van der Waals surface area contributed by atoms with Crippen LogP contribution in [0.2, 0.25) is 0 Å². The molecule has 1 aliphatic rings. The molecular formula is C23H34N4O3. The highest BCUT2D eigenvalue weighted by Crippen LogP contribution is 2.29. The van der Waals surface area contributed by atoms with Crippen LogP contribution < -0.4 is 9.47 Å². The molecule has 0 bridgehead atoms. The van der Waals surface area contributed by atoms with Crippen LogP contribution in [0.4, 0.5) is 0 Å². The summed E-state index contributed by atoms with van der Waals surface area (Å²) in [7, 11) is 0. The van der Waals surface area contributed by atoms with Gasteiger partial charge in [0.15, 0.2) is 11.5 Å². The van der Waals surface area contributed by atoms with Crippen molar-refractivity contribution in [1.29, 1.82) is 0 Å². The Morgan fingerprint density at radius 2 is 1.73 bits per heavy atom. The average Bonchev–Trinajstić information content (AvgIpc) is 3.10. The van der Waals surface area contributed by atoms with Gasteiger partial charge in [0.05, 0.1) is 25.3 Å². The highest BCUT2D eigenvalue weighted by Gasteiger charge is 2.22. The van der Waals surface area contributed by atoms with Crippen molar-refractivity contribution in [3.8, 4) is 11.5 Å². The van der Waals surface area contributed by atoms with Gasteiger partial charge in [0.25, 0.3) is 0 Å². The van der Waals surface area contributed by atoms with E-state index in [9.17, 15) is 4.79 Å². The zero-order valence-corrected chi connectivity index (χ0v) is 18.7. The molecule has 3 rings (SSSR count). The van der Waals surface area contributed by atoms with Crippen molar-refractivity contribution in [2.75, 3.05) is 39.4 Å². The molecule has 7 nitrogen and oxygen atoms in total. The molecule has 30 heavy (non-hydrogen) atoms. The van der Waals surface area contributed by atoms with Gasteiger partial charge in [-0.2, -0.15) is 5.10 Å². The summed E-state index contributed by atoms with van der Waals surface area (Å²) in [5.74, 6) is 1.60. The van der Waals surface area contributed by atoms with E-state index >= 15 is 0 Å². The Morgan fingerprint density at radius 1 is 1.03 bits per heavy atom. The van der Waals surface area contributed by atoms with Crippen molar-refractivity contribution in [1.82, 2.24) is 19.6 Å². The fourth-order valence-corrected chi connectivity index (χ4v) is 3.76. The first-order valence-electron chi connectivity index (χ1n) is 11.0. The Morgan fingerprint density at radius 3 is 2.37 bits per heavy atom. The lowest BCUT2D eigenvalue weighted by molar-refractivity contribution is -0.132. The number of aryl methyl sites for hydroxylation is 2. The summed E-state index contributed by atoms with van der Waals surface area (Å²) < 4.78 is 13.3. The van der Waals surface area contributed by atoms with Crippen LogP contribution in [0.1, 0.15) is 37.6 Å². The smallest absolute Gasteiger partial charge is 0.227 e. The molecule has 0 aliphatic carbocycles. The van der Waals surface area contributed by atoms with Gasteiger partial charge in [0, 0.05) is 51.0 Å². The molecular weight excluding hydrogens is 380 g/mol. The number of rotatable bonds is 9. The quantitative estimate of drug-likeness (QED) is 0.631. The van der Waals surface area contributed by atoms with Crippen molar-refractivity contribution in [2.24, 2.45) is 0 Å². The van der Waals surface area contributed by atoms with Gasteiger partial charge in [-0.25, -0.2) is 0 Å². The molecule has 2 heterocycles. The summed E-state index contributed by atoms with van der Waals surface area (Å²) in [6.45, 7) is 14.3. The second-order valence-corrected chi connectivity index (χ2v) is 7.58. The van der Waals surface area contributed by atoms with Gasteiger partial charge >= 0.3 is 0 Å². The second kappa shape index (κ2) is 10.5. The topological polar surface area (TPSA) is 59.8 Å². The molecule has 1 fully saturated rings. The Balaban J connectivity index is 1.53. The molecule has 1 amide bonds. The minimum atomic E-state index is 0.163. The lowest BCUT2D eigenvalue weighted by Crippen LogP contribution is -2.48. The number of hydrogen-bond acceptors (Lipinski definition) is 5. The zero-order chi connectivity index (χ0) is 21.5. The van der Waals surface area contributed by atoms with Gasteiger partial charge < -0.3 is 14.4 Å². The fraction of sp³-hybridized carbons (Fsp3) is 0.565. The number of ether oxygens (including phenoxy) is 2. The van der Waals surface area contributed by atoms with E-state index in [0.717, 1.165) is 56.3 Å². The first-order valence-corrected chi connectivity index (χ1v) is 11.0. The van der Waals surface area contributed by atoms with Crippen molar-refractivity contribution >= 4 is 5.91 Å². The van der Waals surface area contributed by atoms with Gasteiger partial charge in [-0.1, -0.05) is 6.07 Å². The maximum atomic E-state index is 12.8. The van der Waals surface area contributed by atoms with E-state index < -0.39 is 0 Å². The summed E-state index contributed by atoms with van der Waals surface area (Å²) in [6.07, 6.45) is 2.52. The van der Waals surface area contributed by atoms with Crippen molar-refractivity contribution < 1.29 is 14.3 Å². The Bertz CT molecular complexity index is 841. The molecule has 1 aromatic heterocycles. The van der Waals surface area contributed by atoms with E-state index in [1.165, 1.54) is 5.56 Å². The zero-order valence-electron chi connectivity index (χ0n) is 18.7. The summed E-state index contributed by atoms with van der Waals surface area (Å²) in [5, 5.41) is 4.53. The molecule has 0 atom stereocenters. The molecule has 7 heteroatoms. The number of aromatic nitrogens is 2. The predicted molar refractivity (Wildman–Crippen MR) is 117 cm³/mol. The highest BCUT2D eigenvalue weighted by molar-refractivity contribution is 5.79. The molecule has 1 aromatic carbocycles. The van der Waals surface area contributed by atoms with Crippen molar-refractivity contribution in [3.63, 3.8) is 0 Å². The number of piperazine rings is 1. The molecule has 0 N–H and O–H groups in total. The maximum Gasteiger partial charge on any atom is 0.227 e. The standard InChI is InChI=1S/C23H34N4O3/c1-5-27-17-20(18(4)24-27)16-25-10-12-26(13-11-25)23(28)15-19-8-9-21(29-6-2)22(14-19)30-7-3/h8-9,14,17H,5-7,10-13,15-16H2,1-4H3. The van der Waals surface area contributed by atoms with Crippen molar-refractivity contribution in [3.05, 3.63) is 41.2 Å². The fourth-order valence-electron chi connectivity index (χ4n) is 3.76. The first kappa shape index (κ1) is 22.2. The van der Waals surface area contributed by atoms with Gasteiger partial charge in [-0.3, -0.25) is 14.4 Å². The van der Waals surface area contributed by atoms with Gasteiger partial charge in [-0.15, -0.1) is 0 Å². The van der Waals surface area contributed by atoms with E-state index in [0.29, 0.717) is 25.4 Å². The lowest BCUT2D eigenvalue weighted by Gasteiger charge is -2.34. The van der Waals surface area contributed by atoms with Crippen LogP contribution in [0.3, 0.4) is 0 Å². The third kappa shape index (κ3) is 5.53. The number of nitrogens with zero attached hydrogens (tertiary/aromatic N) is 4. The minimum Gasteiger partial charge on any atom is -0.490 e. The van der Waals surface area contributed by atoms with Crippen molar-refractivity contribution in [2.45, 2.75) is 47.2 Å². The molecule has 0 unspecified atom stereocenters. The van der Waals surface area contributed by atoms with Crippen LogP contribution in [0.5, 0.6) is 11.5 Å². The first-order chi connectivity index (χ1) is 14.5. The monoisotopic (exact) mass is 414 g/mol. The molecule has 2 aromatic rings. The predicted octanol–water partition coefficient (Wildman–Crippen LogP) is 2.90. The largest absolute Gasteiger partial charge is 0.490 e. The van der Waals surface area contributed by atoms with E-state index in [1.54, 1.807) is 0 Å². The minimum absolute atomic E-state index is 0.163. The average molecular weight is 415 g/mol. The number of carbonyl (C=O) groups excluding carboxylic acids is 1. The summed E-state index contributed by atoms with van der Waals surface area (Å²) >= 11 is 0. The third-order valence-corrected chi connectivity index (χ3v) is 5.45. The van der Waals surface area contributed by atoms with Crippen LogP contribution in [0, 0.1) is 6.92 Å². The normalized spacial score (nSPS) is 14.7. The number of carbonyl (C=O) groups is 1. The Hall–Kier alpha value is -2.54. The second-order valence-electron chi connectivity index (χ2n) is 7.58.